The third-order valence-corrected chi connectivity index (χ3v) is 11.1. The first kappa shape index (κ1) is 30.7. The van der Waals surface area contributed by atoms with Crippen LogP contribution in [0.25, 0.3) is 93.6 Å². The van der Waals surface area contributed by atoms with E-state index in [1.807, 2.05) is 30.3 Å². The highest BCUT2D eigenvalue weighted by Gasteiger charge is 2.21. The molecule has 8 aromatic carbocycles. The fourth-order valence-electron chi connectivity index (χ4n) is 8.81. The van der Waals surface area contributed by atoms with Gasteiger partial charge in [0.2, 0.25) is 0 Å². The molecule has 0 aliphatic heterocycles. The van der Waals surface area contributed by atoms with Crippen LogP contribution in [0.3, 0.4) is 0 Å². The standard InChI is InChI=1S/C50H29N5/c51-30-34-11-9-16-40-39-14-3-5-17-43(39)53(50(34)40)36-26-23-32(24-27-36)33-25-28-42(35(29-33)31-52)54-46-20-8-4-15-41(46)49-47(54)21-10-22-48(49)55-44-18-6-1-12-37(44)38-13-2-7-19-45(38)55/h1-29H. The van der Waals surface area contributed by atoms with Gasteiger partial charge in [-0.3, -0.25) is 0 Å². The summed E-state index contributed by atoms with van der Waals surface area (Å²) in [4.78, 5) is 0. The van der Waals surface area contributed by atoms with Gasteiger partial charge in [-0.25, -0.2) is 0 Å². The molecule has 0 N–H and O–H groups in total. The Labute approximate surface area is 316 Å². The number of aromatic nitrogens is 3. The molecule has 0 saturated heterocycles. The molecule has 3 aromatic heterocycles. The van der Waals surface area contributed by atoms with Gasteiger partial charge in [-0.2, -0.15) is 10.5 Å². The maximum absolute atomic E-state index is 10.7. The third kappa shape index (κ3) is 4.39. The van der Waals surface area contributed by atoms with E-state index in [-0.39, 0.29) is 0 Å². The fourth-order valence-corrected chi connectivity index (χ4v) is 8.81. The van der Waals surface area contributed by atoms with Gasteiger partial charge in [-0.1, -0.05) is 109 Å². The van der Waals surface area contributed by atoms with Gasteiger partial charge in [-0.05, 0) is 77.9 Å². The first-order valence-corrected chi connectivity index (χ1v) is 18.3. The molecule has 11 rings (SSSR count). The van der Waals surface area contributed by atoms with Crippen LogP contribution in [0, 0.1) is 22.7 Å². The Morgan fingerprint density at radius 3 is 1.49 bits per heavy atom. The van der Waals surface area contributed by atoms with Crippen molar-refractivity contribution in [2.45, 2.75) is 0 Å². The Hall–Kier alpha value is -7.86. The molecule has 0 aliphatic rings. The molecule has 0 bridgehead atoms. The Morgan fingerprint density at radius 2 is 0.836 bits per heavy atom. The summed E-state index contributed by atoms with van der Waals surface area (Å²) in [5.41, 5.74) is 12.5. The highest BCUT2D eigenvalue weighted by molar-refractivity contribution is 6.16. The van der Waals surface area contributed by atoms with E-state index < -0.39 is 0 Å². The molecular weight excluding hydrogens is 671 g/mol. The van der Waals surface area contributed by atoms with Crippen LogP contribution in [0.2, 0.25) is 0 Å². The van der Waals surface area contributed by atoms with Crippen molar-refractivity contribution < 1.29 is 0 Å². The summed E-state index contributed by atoms with van der Waals surface area (Å²) in [5, 5.41) is 27.6. The van der Waals surface area contributed by atoms with Crippen LogP contribution in [-0.2, 0) is 0 Å². The summed E-state index contributed by atoms with van der Waals surface area (Å²) < 4.78 is 6.79. The predicted molar refractivity (Wildman–Crippen MR) is 224 cm³/mol. The lowest BCUT2D eigenvalue weighted by atomic mass is 10.0. The van der Waals surface area contributed by atoms with E-state index in [9.17, 15) is 10.5 Å². The average Bonchev–Trinajstić information content (AvgIpc) is 3.89. The van der Waals surface area contributed by atoms with Gasteiger partial charge in [0.25, 0.3) is 0 Å². The number of hydrogen-bond acceptors (Lipinski definition) is 2. The molecular formula is C50H29N5. The van der Waals surface area contributed by atoms with Crippen molar-refractivity contribution in [2.24, 2.45) is 0 Å². The van der Waals surface area contributed by atoms with E-state index in [1.54, 1.807) is 0 Å². The molecule has 5 heteroatoms. The highest BCUT2D eigenvalue weighted by Crippen LogP contribution is 2.41. The minimum atomic E-state index is 0.590. The quantitative estimate of drug-likeness (QED) is 0.184. The van der Waals surface area contributed by atoms with Crippen molar-refractivity contribution in [1.82, 2.24) is 13.7 Å². The number of benzene rings is 8. The molecule has 0 saturated carbocycles. The monoisotopic (exact) mass is 699 g/mol. The van der Waals surface area contributed by atoms with Gasteiger partial charge in [0.05, 0.1) is 55.6 Å². The van der Waals surface area contributed by atoms with E-state index in [0.717, 1.165) is 82.8 Å². The summed E-state index contributed by atoms with van der Waals surface area (Å²) in [5.74, 6) is 0. The predicted octanol–water partition coefficient (Wildman–Crippen LogP) is 12.4. The number of para-hydroxylation sites is 5. The van der Waals surface area contributed by atoms with Crippen molar-refractivity contribution >= 4 is 65.4 Å². The van der Waals surface area contributed by atoms with Gasteiger partial charge in [-0.15, -0.1) is 0 Å². The molecule has 0 unspecified atom stereocenters. The van der Waals surface area contributed by atoms with Gasteiger partial charge in [0.15, 0.2) is 0 Å². The molecule has 5 nitrogen and oxygen atoms in total. The maximum Gasteiger partial charge on any atom is 0.101 e. The summed E-state index contributed by atoms with van der Waals surface area (Å²) in [7, 11) is 0. The summed E-state index contributed by atoms with van der Waals surface area (Å²) in [6.07, 6.45) is 0. The van der Waals surface area contributed by atoms with Crippen molar-refractivity contribution in [1.29, 1.82) is 10.5 Å². The number of nitriles is 2. The minimum Gasteiger partial charge on any atom is -0.309 e. The van der Waals surface area contributed by atoms with Gasteiger partial charge < -0.3 is 13.7 Å². The molecule has 0 atom stereocenters. The lowest BCUT2D eigenvalue weighted by molar-refractivity contribution is 1.16. The van der Waals surface area contributed by atoms with E-state index in [1.165, 1.54) is 10.8 Å². The highest BCUT2D eigenvalue weighted by atomic mass is 15.0. The Balaban J connectivity index is 1.06. The summed E-state index contributed by atoms with van der Waals surface area (Å²) >= 11 is 0. The minimum absolute atomic E-state index is 0.590. The zero-order valence-corrected chi connectivity index (χ0v) is 29.5. The van der Waals surface area contributed by atoms with E-state index in [0.29, 0.717) is 11.1 Å². The Bertz CT molecular complexity index is 3400. The SMILES string of the molecule is N#Cc1cc(-c2ccc(-n3c4ccccc4c4cccc(C#N)c43)cc2)ccc1-n1c2ccccc2c2c(-n3c4ccccc4c4ccccc43)cccc21. The summed E-state index contributed by atoms with van der Waals surface area (Å²) in [6.45, 7) is 0. The van der Waals surface area contributed by atoms with Gasteiger partial charge in [0, 0.05) is 38.0 Å². The number of hydrogen-bond donors (Lipinski definition) is 0. The molecule has 55 heavy (non-hydrogen) atoms. The lowest BCUT2D eigenvalue weighted by Crippen LogP contribution is -1.99. The molecule has 0 spiro atoms. The molecule has 0 fully saturated rings. The average molecular weight is 700 g/mol. The molecule has 11 aromatic rings. The molecule has 254 valence electrons. The smallest absolute Gasteiger partial charge is 0.101 e. The van der Waals surface area contributed by atoms with Crippen LogP contribution in [0.15, 0.2) is 176 Å². The van der Waals surface area contributed by atoms with Crippen LogP contribution in [0.4, 0.5) is 0 Å². The van der Waals surface area contributed by atoms with Crippen LogP contribution in [-0.4, -0.2) is 13.7 Å². The first-order chi connectivity index (χ1) is 27.2. The van der Waals surface area contributed by atoms with Gasteiger partial charge in [0.1, 0.15) is 12.1 Å². The van der Waals surface area contributed by atoms with Crippen molar-refractivity contribution in [3.8, 4) is 40.3 Å². The van der Waals surface area contributed by atoms with Crippen molar-refractivity contribution in [2.75, 3.05) is 0 Å². The molecule has 0 radical (unpaired) electrons. The van der Waals surface area contributed by atoms with Crippen molar-refractivity contribution in [3.05, 3.63) is 187 Å². The molecule has 3 heterocycles. The van der Waals surface area contributed by atoms with E-state index in [2.05, 4.69) is 171 Å². The molecule has 0 amide bonds. The Morgan fingerprint density at radius 1 is 0.345 bits per heavy atom. The lowest BCUT2D eigenvalue weighted by Gasteiger charge is -2.14. The fraction of sp³-hybridized carbons (Fsp3) is 0. The topological polar surface area (TPSA) is 62.4 Å². The van der Waals surface area contributed by atoms with Crippen molar-refractivity contribution in [3.63, 3.8) is 0 Å². The zero-order valence-electron chi connectivity index (χ0n) is 29.5. The number of fused-ring (bicyclic) bond motifs is 9. The number of nitrogens with zero attached hydrogens (tertiary/aromatic N) is 5. The first-order valence-electron chi connectivity index (χ1n) is 18.3. The third-order valence-electron chi connectivity index (χ3n) is 11.1. The van der Waals surface area contributed by atoms with Gasteiger partial charge >= 0.3 is 0 Å². The largest absolute Gasteiger partial charge is 0.309 e. The normalized spacial score (nSPS) is 11.6. The van der Waals surface area contributed by atoms with E-state index >= 15 is 0 Å². The second kappa shape index (κ2) is 11.8. The van der Waals surface area contributed by atoms with Crippen LogP contribution in [0.1, 0.15) is 11.1 Å². The van der Waals surface area contributed by atoms with Crippen LogP contribution in [0.5, 0.6) is 0 Å². The maximum atomic E-state index is 10.7. The molecule has 0 aliphatic carbocycles. The summed E-state index contributed by atoms with van der Waals surface area (Å²) in [6, 6.07) is 65.8. The number of rotatable bonds is 4. The Kier molecular flexibility index (Phi) is 6.61. The van der Waals surface area contributed by atoms with Crippen LogP contribution >= 0.6 is 0 Å². The second-order valence-electron chi connectivity index (χ2n) is 14.0. The van der Waals surface area contributed by atoms with E-state index in [4.69, 9.17) is 0 Å². The van der Waals surface area contributed by atoms with Crippen LogP contribution < -0.4 is 0 Å². The zero-order chi connectivity index (χ0) is 36.6. The second-order valence-corrected chi connectivity index (χ2v) is 14.0.